The maximum Gasteiger partial charge on any atom is 0.321 e. The number of carbonyl (C=O) groups is 2. The number of urea groups is 1. The molecule has 3 N–H and O–H groups in total. The molecule has 0 atom stereocenters. The molecule has 0 aliphatic heterocycles. The number of aromatic nitrogens is 1. The zero-order chi connectivity index (χ0) is 17.5. The third kappa shape index (κ3) is 5.99. The lowest BCUT2D eigenvalue weighted by molar-refractivity contribution is -0.120. The number of thiazole rings is 1. The second kappa shape index (κ2) is 9.17. The van der Waals surface area contributed by atoms with Gasteiger partial charge in [-0.15, -0.1) is 11.3 Å². The van der Waals surface area contributed by atoms with Crippen molar-refractivity contribution in [2.24, 2.45) is 5.92 Å². The molecule has 25 heavy (non-hydrogen) atoms. The van der Waals surface area contributed by atoms with Crippen LogP contribution in [0.15, 0.2) is 5.38 Å². The summed E-state index contributed by atoms with van der Waals surface area (Å²) in [6.07, 6.45) is 11.1. The molecule has 2 aliphatic rings. The molecule has 1 aromatic rings. The zero-order valence-corrected chi connectivity index (χ0v) is 15.5. The molecule has 0 aromatic carbocycles. The Morgan fingerprint density at radius 3 is 2.56 bits per heavy atom. The minimum absolute atomic E-state index is 0.0119. The second-order valence-corrected chi connectivity index (χ2v) is 8.07. The summed E-state index contributed by atoms with van der Waals surface area (Å²) in [5, 5.41) is 11.2. The molecular formula is C18H28N4O2S. The third-order valence-electron chi connectivity index (χ3n) is 5.12. The highest BCUT2D eigenvalue weighted by atomic mass is 32.1. The van der Waals surface area contributed by atoms with Crippen LogP contribution in [0, 0.1) is 5.92 Å². The van der Waals surface area contributed by atoms with Gasteiger partial charge in [0.1, 0.15) is 0 Å². The predicted molar refractivity (Wildman–Crippen MR) is 99.8 cm³/mol. The number of amides is 3. The quantitative estimate of drug-likeness (QED) is 0.723. The van der Waals surface area contributed by atoms with E-state index in [1.807, 2.05) is 5.38 Å². The fraction of sp³-hybridized carbons (Fsp3) is 0.722. The van der Waals surface area contributed by atoms with Crippen molar-refractivity contribution in [1.29, 1.82) is 0 Å². The van der Waals surface area contributed by atoms with Crippen molar-refractivity contribution in [2.45, 2.75) is 70.3 Å². The van der Waals surface area contributed by atoms with Gasteiger partial charge in [0.05, 0.1) is 12.1 Å². The Morgan fingerprint density at radius 1 is 1.08 bits per heavy atom. The molecule has 2 saturated carbocycles. The van der Waals surface area contributed by atoms with E-state index in [1.165, 1.54) is 56.3 Å². The highest BCUT2D eigenvalue weighted by Crippen LogP contribution is 2.23. The SMILES string of the molecule is O=C(Cc1csc(NC(=O)NC2CCCC2)n1)NCC1CCCCC1. The summed E-state index contributed by atoms with van der Waals surface area (Å²) in [6.45, 7) is 0.776. The molecule has 0 unspecified atom stereocenters. The summed E-state index contributed by atoms with van der Waals surface area (Å²) in [7, 11) is 0. The summed E-state index contributed by atoms with van der Waals surface area (Å²) in [4.78, 5) is 28.4. The Kier molecular flexibility index (Phi) is 6.67. The first-order valence-electron chi connectivity index (χ1n) is 9.47. The van der Waals surface area contributed by atoms with Crippen LogP contribution in [0.3, 0.4) is 0 Å². The minimum Gasteiger partial charge on any atom is -0.355 e. The molecule has 2 aliphatic carbocycles. The molecule has 7 heteroatoms. The Bertz CT molecular complexity index is 577. The molecule has 2 fully saturated rings. The van der Waals surface area contributed by atoms with E-state index in [0.717, 1.165) is 19.4 Å². The van der Waals surface area contributed by atoms with Gasteiger partial charge in [-0.2, -0.15) is 0 Å². The molecule has 138 valence electrons. The van der Waals surface area contributed by atoms with Gasteiger partial charge in [-0.3, -0.25) is 10.1 Å². The number of nitrogens with zero attached hydrogens (tertiary/aromatic N) is 1. The number of carbonyl (C=O) groups excluding carboxylic acids is 2. The van der Waals surface area contributed by atoms with Gasteiger partial charge in [0.25, 0.3) is 0 Å². The number of hydrogen-bond donors (Lipinski definition) is 3. The van der Waals surface area contributed by atoms with Gasteiger partial charge in [-0.05, 0) is 31.6 Å². The van der Waals surface area contributed by atoms with Gasteiger partial charge < -0.3 is 10.6 Å². The third-order valence-corrected chi connectivity index (χ3v) is 5.92. The summed E-state index contributed by atoms with van der Waals surface area (Å²) < 4.78 is 0. The number of hydrogen-bond acceptors (Lipinski definition) is 4. The van der Waals surface area contributed by atoms with Gasteiger partial charge in [0.15, 0.2) is 5.13 Å². The van der Waals surface area contributed by atoms with E-state index in [9.17, 15) is 9.59 Å². The van der Waals surface area contributed by atoms with Gasteiger partial charge in [-0.1, -0.05) is 32.1 Å². The predicted octanol–water partition coefficient (Wildman–Crippen LogP) is 3.45. The van der Waals surface area contributed by atoms with E-state index in [-0.39, 0.29) is 24.4 Å². The van der Waals surface area contributed by atoms with Crippen molar-refractivity contribution < 1.29 is 9.59 Å². The summed E-state index contributed by atoms with van der Waals surface area (Å²) in [5.41, 5.74) is 0.710. The highest BCUT2D eigenvalue weighted by molar-refractivity contribution is 7.13. The fourth-order valence-corrected chi connectivity index (χ4v) is 4.42. The molecule has 1 aromatic heterocycles. The molecular weight excluding hydrogens is 336 g/mol. The molecule has 1 heterocycles. The van der Waals surface area contributed by atoms with E-state index in [4.69, 9.17) is 0 Å². The fourth-order valence-electron chi connectivity index (χ4n) is 3.71. The van der Waals surface area contributed by atoms with Crippen molar-refractivity contribution >= 4 is 28.4 Å². The number of anilines is 1. The summed E-state index contributed by atoms with van der Waals surface area (Å²) in [6, 6.07) is 0.0829. The van der Waals surface area contributed by atoms with Gasteiger partial charge in [0.2, 0.25) is 5.91 Å². The van der Waals surface area contributed by atoms with Crippen molar-refractivity contribution in [3.8, 4) is 0 Å². The monoisotopic (exact) mass is 364 g/mol. The lowest BCUT2D eigenvalue weighted by Gasteiger charge is -2.21. The molecule has 3 amide bonds. The maximum absolute atomic E-state index is 12.1. The Balaban J connectivity index is 1.38. The lowest BCUT2D eigenvalue weighted by atomic mass is 9.89. The molecule has 6 nitrogen and oxygen atoms in total. The van der Waals surface area contributed by atoms with E-state index in [1.54, 1.807) is 0 Å². The molecule has 0 saturated heterocycles. The average Bonchev–Trinajstić information content (AvgIpc) is 3.26. The van der Waals surface area contributed by atoms with Gasteiger partial charge in [0, 0.05) is 18.0 Å². The van der Waals surface area contributed by atoms with E-state index >= 15 is 0 Å². The van der Waals surface area contributed by atoms with Crippen LogP contribution < -0.4 is 16.0 Å². The first-order valence-corrected chi connectivity index (χ1v) is 10.4. The van der Waals surface area contributed by atoms with E-state index < -0.39 is 0 Å². The first kappa shape index (κ1) is 18.2. The van der Waals surface area contributed by atoms with E-state index in [2.05, 4.69) is 20.9 Å². The second-order valence-electron chi connectivity index (χ2n) is 7.21. The topological polar surface area (TPSA) is 83.1 Å². The van der Waals surface area contributed by atoms with Crippen molar-refractivity contribution in [3.05, 3.63) is 11.1 Å². The van der Waals surface area contributed by atoms with E-state index in [0.29, 0.717) is 16.7 Å². The van der Waals surface area contributed by atoms with Crippen molar-refractivity contribution in [2.75, 3.05) is 11.9 Å². The zero-order valence-electron chi connectivity index (χ0n) is 14.7. The standard InChI is InChI=1S/C18H28N4O2S/c23-16(19-11-13-6-2-1-3-7-13)10-15-12-25-18(21-15)22-17(24)20-14-8-4-5-9-14/h12-14H,1-11H2,(H,19,23)(H2,20,21,22,24). The van der Waals surface area contributed by atoms with Gasteiger partial charge >= 0.3 is 6.03 Å². The average molecular weight is 365 g/mol. The van der Waals surface area contributed by atoms with Crippen LogP contribution in [0.5, 0.6) is 0 Å². The van der Waals surface area contributed by atoms with Crippen LogP contribution in [0.2, 0.25) is 0 Å². The molecule has 0 spiro atoms. The minimum atomic E-state index is -0.199. The molecule has 0 bridgehead atoms. The Hall–Kier alpha value is -1.63. The number of rotatable bonds is 6. The largest absolute Gasteiger partial charge is 0.355 e. The van der Waals surface area contributed by atoms with Crippen LogP contribution in [0.1, 0.15) is 63.5 Å². The lowest BCUT2D eigenvalue weighted by Crippen LogP contribution is -2.36. The Morgan fingerprint density at radius 2 is 1.80 bits per heavy atom. The smallest absolute Gasteiger partial charge is 0.321 e. The normalized spacial score (nSPS) is 18.9. The van der Waals surface area contributed by atoms with Crippen LogP contribution >= 0.6 is 11.3 Å². The van der Waals surface area contributed by atoms with Crippen molar-refractivity contribution in [1.82, 2.24) is 15.6 Å². The molecule has 3 rings (SSSR count). The van der Waals surface area contributed by atoms with Crippen LogP contribution in [-0.4, -0.2) is 29.5 Å². The Labute approximate surface area is 153 Å². The first-order chi connectivity index (χ1) is 12.2. The summed E-state index contributed by atoms with van der Waals surface area (Å²) >= 11 is 1.36. The van der Waals surface area contributed by atoms with Crippen molar-refractivity contribution in [3.63, 3.8) is 0 Å². The number of nitrogens with one attached hydrogen (secondary N) is 3. The highest BCUT2D eigenvalue weighted by Gasteiger charge is 2.18. The maximum atomic E-state index is 12.1. The van der Waals surface area contributed by atoms with Crippen LogP contribution in [0.25, 0.3) is 0 Å². The van der Waals surface area contributed by atoms with Gasteiger partial charge in [-0.25, -0.2) is 9.78 Å². The van der Waals surface area contributed by atoms with Crippen LogP contribution in [0.4, 0.5) is 9.93 Å². The van der Waals surface area contributed by atoms with Crippen LogP contribution in [-0.2, 0) is 11.2 Å². The summed E-state index contributed by atoms with van der Waals surface area (Å²) in [5.74, 6) is 0.641. The molecule has 0 radical (unpaired) electrons.